The van der Waals surface area contributed by atoms with Gasteiger partial charge in [-0.15, -0.1) is 6.58 Å². The Kier molecular flexibility index (Phi) is 4.75. The second-order valence-electron chi connectivity index (χ2n) is 4.22. The summed E-state index contributed by atoms with van der Waals surface area (Å²) in [6, 6.07) is 7.77. The van der Waals surface area contributed by atoms with Gasteiger partial charge >= 0.3 is 0 Å². The zero-order valence-corrected chi connectivity index (χ0v) is 10.9. The smallest absolute Gasteiger partial charge is 0.0951 e. The van der Waals surface area contributed by atoms with E-state index in [4.69, 9.17) is 10.5 Å². The molecule has 0 spiro atoms. The Bertz CT molecular complexity index is 554. The first-order chi connectivity index (χ1) is 9.33. The van der Waals surface area contributed by atoms with Crippen LogP contribution >= 0.6 is 0 Å². The first-order valence-corrected chi connectivity index (χ1v) is 6.38. The van der Waals surface area contributed by atoms with Crippen molar-refractivity contribution in [1.82, 2.24) is 4.98 Å². The van der Waals surface area contributed by atoms with Crippen molar-refractivity contribution in [2.45, 2.75) is 6.42 Å². The number of rotatable bonds is 7. The second kappa shape index (κ2) is 6.75. The lowest BCUT2D eigenvalue weighted by atomic mass is 10.1. The molecule has 19 heavy (non-hydrogen) atoms. The number of fused-ring (bicyclic) bond motifs is 1. The first kappa shape index (κ1) is 13.4. The van der Waals surface area contributed by atoms with Crippen molar-refractivity contribution in [2.75, 3.05) is 30.8 Å². The summed E-state index contributed by atoms with van der Waals surface area (Å²) in [5.74, 6) is 0. The van der Waals surface area contributed by atoms with Gasteiger partial charge in [-0.1, -0.05) is 6.08 Å². The SMILES string of the molecule is C=CCCOCCNc1ccc(N)c2ncccc12. The molecule has 0 radical (unpaired) electrons. The highest BCUT2D eigenvalue weighted by molar-refractivity contribution is 5.98. The minimum absolute atomic E-state index is 0.667. The molecule has 0 saturated heterocycles. The Morgan fingerprint density at radius 2 is 2.21 bits per heavy atom. The van der Waals surface area contributed by atoms with Gasteiger partial charge in [0.2, 0.25) is 0 Å². The Morgan fingerprint density at radius 3 is 3.05 bits per heavy atom. The van der Waals surface area contributed by atoms with Crippen LogP contribution in [0.4, 0.5) is 11.4 Å². The van der Waals surface area contributed by atoms with Crippen molar-refractivity contribution >= 4 is 22.3 Å². The number of hydrogen-bond acceptors (Lipinski definition) is 4. The molecule has 0 aliphatic carbocycles. The highest BCUT2D eigenvalue weighted by Gasteiger charge is 2.03. The van der Waals surface area contributed by atoms with Crippen molar-refractivity contribution in [2.24, 2.45) is 0 Å². The highest BCUT2D eigenvalue weighted by atomic mass is 16.5. The molecule has 0 saturated carbocycles. The number of nitrogens with zero attached hydrogens (tertiary/aromatic N) is 1. The lowest BCUT2D eigenvalue weighted by Gasteiger charge is -2.10. The fourth-order valence-electron chi connectivity index (χ4n) is 1.88. The van der Waals surface area contributed by atoms with E-state index >= 15 is 0 Å². The quantitative estimate of drug-likeness (QED) is 0.455. The van der Waals surface area contributed by atoms with Crippen LogP contribution < -0.4 is 11.1 Å². The molecule has 3 N–H and O–H groups in total. The van der Waals surface area contributed by atoms with Crippen LogP contribution in [-0.2, 0) is 4.74 Å². The van der Waals surface area contributed by atoms with E-state index in [1.807, 2.05) is 30.3 Å². The van der Waals surface area contributed by atoms with Gasteiger partial charge in [0.05, 0.1) is 24.4 Å². The topological polar surface area (TPSA) is 60.2 Å². The van der Waals surface area contributed by atoms with Crippen LogP contribution in [-0.4, -0.2) is 24.7 Å². The Hall–Kier alpha value is -2.07. The molecular weight excluding hydrogens is 238 g/mol. The first-order valence-electron chi connectivity index (χ1n) is 6.38. The van der Waals surface area contributed by atoms with Gasteiger partial charge in [0, 0.05) is 23.8 Å². The molecule has 2 aromatic rings. The van der Waals surface area contributed by atoms with E-state index in [9.17, 15) is 0 Å². The molecule has 0 aliphatic rings. The average molecular weight is 257 g/mol. The maximum Gasteiger partial charge on any atom is 0.0951 e. The molecule has 0 fully saturated rings. The van der Waals surface area contributed by atoms with Gasteiger partial charge in [-0.05, 0) is 30.7 Å². The Balaban J connectivity index is 1.97. The Morgan fingerprint density at radius 1 is 1.32 bits per heavy atom. The van der Waals surface area contributed by atoms with Gasteiger partial charge in [-0.3, -0.25) is 4.98 Å². The number of nitrogens with two attached hydrogens (primary N) is 1. The number of aromatic nitrogens is 1. The largest absolute Gasteiger partial charge is 0.397 e. The molecule has 1 heterocycles. The van der Waals surface area contributed by atoms with E-state index in [2.05, 4.69) is 16.9 Å². The monoisotopic (exact) mass is 257 g/mol. The molecule has 0 atom stereocenters. The van der Waals surface area contributed by atoms with Crippen LogP contribution in [0.1, 0.15) is 6.42 Å². The predicted octanol–water partition coefficient (Wildman–Crippen LogP) is 2.82. The third-order valence-electron chi connectivity index (χ3n) is 2.83. The van der Waals surface area contributed by atoms with Crippen molar-refractivity contribution in [3.05, 3.63) is 43.1 Å². The maximum absolute atomic E-state index is 5.91. The molecule has 0 aliphatic heterocycles. The van der Waals surface area contributed by atoms with E-state index in [0.29, 0.717) is 12.3 Å². The number of anilines is 2. The van der Waals surface area contributed by atoms with Crippen LogP contribution in [0.5, 0.6) is 0 Å². The molecule has 2 rings (SSSR count). The van der Waals surface area contributed by atoms with Gasteiger partial charge in [0.15, 0.2) is 0 Å². The van der Waals surface area contributed by atoms with Crippen molar-refractivity contribution in [3.8, 4) is 0 Å². The molecule has 0 unspecified atom stereocenters. The standard InChI is InChI=1S/C15H19N3O/c1-2-3-10-19-11-9-17-14-7-6-13(16)15-12(14)5-4-8-18-15/h2,4-8,17H,1,3,9-11,16H2. The fourth-order valence-corrected chi connectivity index (χ4v) is 1.88. The van der Waals surface area contributed by atoms with Crippen molar-refractivity contribution < 1.29 is 4.74 Å². The molecule has 1 aromatic carbocycles. The summed E-state index contributed by atoms with van der Waals surface area (Å²) >= 11 is 0. The molecule has 0 bridgehead atoms. The molecule has 4 heteroatoms. The number of ether oxygens (including phenoxy) is 1. The summed E-state index contributed by atoms with van der Waals surface area (Å²) in [5.41, 5.74) is 8.47. The number of benzene rings is 1. The highest BCUT2D eigenvalue weighted by Crippen LogP contribution is 2.26. The van der Waals surface area contributed by atoms with E-state index in [0.717, 1.165) is 36.2 Å². The third-order valence-corrected chi connectivity index (χ3v) is 2.83. The van der Waals surface area contributed by atoms with E-state index in [-0.39, 0.29) is 0 Å². The Labute approximate surface area is 113 Å². The van der Waals surface area contributed by atoms with Gasteiger partial charge < -0.3 is 15.8 Å². The van der Waals surface area contributed by atoms with Gasteiger partial charge in [-0.25, -0.2) is 0 Å². The van der Waals surface area contributed by atoms with Crippen LogP contribution in [0.2, 0.25) is 0 Å². The minimum atomic E-state index is 0.667. The van der Waals surface area contributed by atoms with Crippen LogP contribution in [0.3, 0.4) is 0 Å². The summed E-state index contributed by atoms with van der Waals surface area (Å²) in [5, 5.41) is 4.38. The number of nitrogens with one attached hydrogen (secondary N) is 1. The van der Waals surface area contributed by atoms with E-state index < -0.39 is 0 Å². The minimum Gasteiger partial charge on any atom is -0.397 e. The van der Waals surface area contributed by atoms with Crippen LogP contribution in [0.15, 0.2) is 43.1 Å². The lowest BCUT2D eigenvalue weighted by Crippen LogP contribution is -2.10. The summed E-state index contributed by atoms with van der Waals surface area (Å²) in [7, 11) is 0. The number of nitrogen functional groups attached to an aromatic ring is 1. The predicted molar refractivity (Wildman–Crippen MR) is 80.3 cm³/mol. The maximum atomic E-state index is 5.91. The summed E-state index contributed by atoms with van der Waals surface area (Å²) in [6.45, 7) is 5.79. The second-order valence-corrected chi connectivity index (χ2v) is 4.22. The van der Waals surface area contributed by atoms with E-state index in [1.54, 1.807) is 6.20 Å². The summed E-state index contributed by atoms with van der Waals surface area (Å²) in [4.78, 5) is 4.30. The summed E-state index contributed by atoms with van der Waals surface area (Å²) in [6.07, 6.45) is 4.49. The third kappa shape index (κ3) is 3.45. The molecule has 4 nitrogen and oxygen atoms in total. The lowest BCUT2D eigenvalue weighted by molar-refractivity contribution is 0.149. The summed E-state index contributed by atoms with van der Waals surface area (Å²) < 4.78 is 5.46. The van der Waals surface area contributed by atoms with Gasteiger partial charge in [0.25, 0.3) is 0 Å². The fraction of sp³-hybridized carbons (Fsp3) is 0.267. The van der Waals surface area contributed by atoms with Crippen molar-refractivity contribution in [1.29, 1.82) is 0 Å². The number of hydrogen-bond donors (Lipinski definition) is 2. The average Bonchev–Trinajstić information content (AvgIpc) is 2.45. The normalized spacial score (nSPS) is 10.5. The molecule has 1 aromatic heterocycles. The number of pyridine rings is 1. The van der Waals surface area contributed by atoms with Gasteiger partial charge in [0.1, 0.15) is 0 Å². The zero-order valence-electron chi connectivity index (χ0n) is 10.9. The van der Waals surface area contributed by atoms with Crippen LogP contribution in [0, 0.1) is 0 Å². The molecule has 100 valence electrons. The molecule has 0 amide bonds. The van der Waals surface area contributed by atoms with E-state index in [1.165, 1.54) is 0 Å². The van der Waals surface area contributed by atoms with Crippen LogP contribution in [0.25, 0.3) is 10.9 Å². The van der Waals surface area contributed by atoms with Crippen molar-refractivity contribution in [3.63, 3.8) is 0 Å². The zero-order chi connectivity index (χ0) is 13.5. The van der Waals surface area contributed by atoms with Gasteiger partial charge in [-0.2, -0.15) is 0 Å². The molecular formula is C15H19N3O.